The lowest BCUT2D eigenvalue weighted by molar-refractivity contribution is -0.105. The number of benzene rings is 1. The molecule has 0 bridgehead atoms. The fraction of sp³-hybridized carbons (Fsp3) is 0. The van der Waals surface area contributed by atoms with Crippen molar-refractivity contribution in [2.45, 2.75) is 10.1 Å². The Morgan fingerprint density at radius 1 is 1.11 bits per heavy atom. The van der Waals surface area contributed by atoms with Gasteiger partial charge in [0.1, 0.15) is 5.69 Å². The number of anilines is 1. The average molecular weight is 300 g/mol. The number of rotatable bonds is 4. The lowest BCUT2D eigenvalue weighted by atomic mass is 10.4. The van der Waals surface area contributed by atoms with Gasteiger partial charge in [0, 0.05) is 4.90 Å². The van der Waals surface area contributed by atoms with Crippen LogP contribution in [-0.4, -0.2) is 16.4 Å². The number of carbonyl (C=O) groups is 1. The molecule has 7 heteroatoms. The molecule has 1 heterocycles. The van der Waals surface area contributed by atoms with Gasteiger partial charge < -0.3 is 5.32 Å². The normalized spacial score (nSPS) is 10.1. The number of carbonyl (C=O) groups excluding carboxylic acids is 1. The summed E-state index contributed by atoms with van der Waals surface area (Å²) < 4.78 is 0. The summed E-state index contributed by atoms with van der Waals surface area (Å²) in [6.45, 7) is 0. The third-order valence-corrected chi connectivity index (χ3v) is 3.38. The zero-order valence-corrected chi connectivity index (χ0v) is 11.3. The third kappa shape index (κ3) is 3.13. The van der Waals surface area contributed by atoms with Crippen LogP contribution in [0, 0.1) is 0 Å². The fourth-order valence-electron chi connectivity index (χ4n) is 1.21. The molecule has 0 radical (unpaired) electrons. The van der Waals surface area contributed by atoms with E-state index in [4.69, 9.17) is 23.2 Å². The van der Waals surface area contributed by atoms with E-state index < -0.39 is 0 Å². The van der Waals surface area contributed by atoms with Crippen molar-refractivity contribution in [2.75, 3.05) is 5.32 Å². The number of hydrogen-bond acceptors (Lipinski definition) is 4. The predicted octanol–water partition coefficient (Wildman–Crippen LogP) is 3.50. The van der Waals surface area contributed by atoms with Crippen molar-refractivity contribution in [1.82, 2.24) is 9.97 Å². The van der Waals surface area contributed by atoms with Crippen LogP contribution in [0.5, 0.6) is 0 Å². The Morgan fingerprint density at radius 2 is 1.72 bits per heavy atom. The zero-order valence-electron chi connectivity index (χ0n) is 8.93. The van der Waals surface area contributed by atoms with Gasteiger partial charge in [0.2, 0.25) is 6.41 Å². The summed E-state index contributed by atoms with van der Waals surface area (Å²) in [5.41, 5.74) is 0.214. The summed E-state index contributed by atoms with van der Waals surface area (Å²) >= 11 is 13.2. The molecule has 0 aliphatic rings. The van der Waals surface area contributed by atoms with Crippen LogP contribution in [0.15, 0.2) is 40.4 Å². The minimum Gasteiger partial charge on any atom is -0.324 e. The Kier molecular flexibility index (Phi) is 4.41. The van der Waals surface area contributed by atoms with Crippen molar-refractivity contribution in [2.24, 2.45) is 0 Å². The predicted molar refractivity (Wildman–Crippen MR) is 72.3 cm³/mol. The number of amides is 1. The maximum absolute atomic E-state index is 10.4. The van der Waals surface area contributed by atoms with E-state index in [-0.39, 0.29) is 16.0 Å². The molecule has 0 saturated heterocycles. The van der Waals surface area contributed by atoms with Gasteiger partial charge in [-0.2, -0.15) is 0 Å². The second kappa shape index (κ2) is 6.04. The highest BCUT2D eigenvalue weighted by Gasteiger charge is 2.11. The van der Waals surface area contributed by atoms with Gasteiger partial charge in [-0.1, -0.05) is 41.4 Å². The lowest BCUT2D eigenvalue weighted by Gasteiger charge is -2.06. The van der Waals surface area contributed by atoms with E-state index in [1.165, 1.54) is 11.8 Å². The van der Waals surface area contributed by atoms with Crippen LogP contribution in [-0.2, 0) is 4.79 Å². The van der Waals surface area contributed by atoms with Gasteiger partial charge in [0.25, 0.3) is 0 Å². The molecule has 0 unspecified atom stereocenters. The Bertz CT molecular complexity index is 542. The highest BCUT2D eigenvalue weighted by Crippen LogP contribution is 2.32. The van der Waals surface area contributed by atoms with Crippen LogP contribution in [0.3, 0.4) is 0 Å². The van der Waals surface area contributed by atoms with E-state index in [0.29, 0.717) is 11.6 Å². The van der Waals surface area contributed by atoms with Gasteiger partial charge in [-0.15, -0.1) is 0 Å². The quantitative estimate of drug-likeness (QED) is 0.533. The second-order valence-corrected chi connectivity index (χ2v) is 4.90. The molecule has 1 aromatic carbocycles. The first-order valence-electron chi connectivity index (χ1n) is 4.87. The van der Waals surface area contributed by atoms with Gasteiger partial charge in [0.05, 0.1) is 0 Å². The number of hydrogen-bond donors (Lipinski definition) is 1. The minimum atomic E-state index is 0.112. The van der Waals surface area contributed by atoms with Crippen molar-refractivity contribution in [3.8, 4) is 0 Å². The summed E-state index contributed by atoms with van der Waals surface area (Å²) in [7, 11) is 0. The minimum absolute atomic E-state index is 0.112. The molecule has 0 spiro atoms. The lowest BCUT2D eigenvalue weighted by Crippen LogP contribution is -2.00. The molecule has 4 nitrogen and oxygen atoms in total. The number of halogens is 2. The zero-order chi connectivity index (χ0) is 13.0. The molecule has 0 saturated carbocycles. The maximum Gasteiger partial charge on any atom is 0.211 e. The standard InChI is InChI=1S/C11H7Cl2N3OS/c12-9-8(14-6-17)10(13)16-11(15-9)18-7-4-2-1-3-5-7/h1-6H,(H,14,17). The highest BCUT2D eigenvalue weighted by atomic mass is 35.5. The van der Waals surface area contributed by atoms with Crippen LogP contribution in [0.25, 0.3) is 0 Å². The summed E-state index contributed by atoms with van der Waals surface area (Å²) in [5, 5.41) is 3.00. The summed E-state index contributed by atoms with van der Waals surface area (Å²) in [6, 6.07) is 9.59. The van der Waals surface area contributed by atoms with E-state index in [0.717, 1.165) is 4.90 Å². The Morgan fingerprint density at radius 3 is 2.28 bits per heavy atom. The molecule has 1 aromatic heterocycles. The van der Waals surface area contributed by atoms with Crippen LogP contribution in [0.1, 0.15) is 0 Å². The molecule has 0 fully saturated rings. The van der Waals surface area contributed by atoms with Gasteiger partial charge in [-0.25, -0.2) is 9.97 Å². The van der Waals surface area contributed by atoms with E-state index >= 15 is 0 Å². The summed E-state index contributed by atoms with van der Waals surface area (Å²) in [5.74, 6) is 0. The van der Waals surface area contributed by atoms with Crippen LogP contribution >= 0.6 is 35.0 Å². The fourth-order valence-corrected chi connectivity index (χ4v) is 2.58. The van der Waals surface area contributed by atoms with E-state index in [1.54, 1.807) is 0 Å². The largest absolute Gasteiger partial charge is 0.324 e. The molecular weight excluding hydrogens is 293 g/mol. The number of aromatic nitrogens is 2. The van der Waals surface area contributed by atoms with Crippen LogP contribution in [0.2, 0.25) is 10.3 Å². The van der Waals surface area contributed by atoms with E-state index in [9.17, 15) is 4.79 Å². The van der Waals surface area contributed by atoms with Crippen molar-refractivity contribution in [3.05, 3.63) is 40.6 Å². The molecule has 18 heavy (non-hydrogen) atoms. The molecule has 2 aromatic rings. The molecule has 92 valence electrons. The number of nitrogens with one attached hydrogen (secondary N) is 1. The number of nitrogens with zero attached hydrogens (tertiary/aromatic N) is 2. The SMILES string of the molecule is O=CNc1c(Cl)nc(Sc2ccccc2)nc1Cl. The molecule has 2 rings (SSSR count). The van der Waals surface area contributed by atoms with Crippen molar-refractivity contribution in [1.29, 1.82) is 0 Å². The van der Waals surface area contributed by atoms with Gasteiger partial charge in [0.15, 0.2) is 15.5 Å². The molecule has 0 aliphatic carbocycles. The average Bonchev–Trinajstić information content (AvgIpc) is 2.35. The smallest absolute Gasteiger partial charge is 0.211 e. The topological polar surface area (TPSA) is 54.9 Å². The Hall–Kier alpha value is -1.30. The van der Waals surface area contributed by atoms with Gasteiger partial charge >= 0.3 is 0 Å². The molecular formula is C11H7Cl2N3OS. The third-order valence-electron chi connectivity index (χ3n) is 1.96. The maximum atomic E-state index is 10.4. The first kappa shape index (κ1) is 13.1. The van der Waals surface area contributed by atoms with Crippen LogP contribution < -0.4 is 5.32 Å². The molecule has 1 amide bonds. The van der Waals surface area contributed by atoms with Gasteiger partial charge in [-0.3, -0.25) is 4.79 Å². The van der Waals surface area contributed by atoms with Gasteiger partial charge in [-0.05, 0) is 23.9 Å². The van der Waals surface area contributed by atoms with E-state index in [1.807, 2.05) is 30.3 Å². The first-order chi connectivity index (χ1) is 8.70. The van der Waals surface area contributed by atoms with Crippen molar-refractivity contribution in [3.63, 3.8) is 0 Å². The Labute approximate surface area is 118 Å². The second-order valence-electron chi connectivity index (χ2n) is 3.14. The highest BCUT2D eigenvalue weighted by molar-refractivity contribution is 7.99. The molecule has 0 atom stereocenters. The summed E-state index contributed by atoms with van der Waals surface area (Å²) in [6.07, 6.45) is 0.473. The van der Waals surface area contributed by atoms with Crippen molar-refractivity contribution >= 4 is 47.1 Å². The monoisotopic (exact) mass is 299 g/mol. The molecule has 0 aliphatic heterocycles. The van der Waals surface area contributed by atoms with Crippen LogP contribution in [0.4, 0.5) is 5.69 Å². The van der Waals surface area contributed by atoms with Crippen molar-refractivity contribution < 1.29 is 4.79 Å². The van der Waals surface area contributed by atoms with E-state index in [2.05, 4.69) is 15.3 Å². The first-order valence-corrected chi connectivity index (χ1v) is 6.44. The Balaban J connectivity index is 2.28. The summed E-state index contributed by atoms with van der Waals surface area (Å²) in [4.78, 5) is 19.5. The molecule has 1 N–H and O–H groups in total.